The summed E-state index contributed by atoms with van der Waals surface area (Å²) in [4.78, 5) is 28.6. The summed E-state index contributed by atoms with van der Waals surface area (Å²) in [6.45, 7) is 2.87. The first-order valence-corrected chi connectivity index (χ1v) is 9.79. The molecule has 0 saturated heterocycles. The van der Waals surface area contributed by atoms with Crippen molar-refractivity contribution in [2.75, 3.05) is 13.1 Å². The third kappa shape index (κ3) is 5.17. The monoisotopic (exact) mass is 395 g/mol. The van der Waals surface area contributed by atoms with Crippen LogP contribution in [0.4, 0.5) is 0 Å². The highest BCUT2D eigenvalue weighted by molar-refractivity contribution is 7.13. The Kier molecular flexibility index (Phi) is 6.39. The molecule has 6 nitrogen and oxygen atoms in total. The fourth-order valence-corrected chi connectivity index (χ4v) is 3.34. The van der Waals surface area contributed by atoms with Gasteiger partial charge in [0.1, 0.15) is 16.5 Å². The van der Waals surface area contributed by atoms with Crippen LogP contribution in [0.3, 0.4) is 0 Å². The summed E-state index contributed by atoms with van der Waals surface area (Å²) in [6.07, 6.45) is 0.589. The fourth-order valence-electron chi connectivity index (χ4n) is 2.54. The van der Waals surface area contributed by atoms with Crippen molar-refractivity contribution in [2.24, 2.45) is 0 Å². The zero-order valence-corrected chi connectivity index (χ0v) is 16.3. The van der Waals surface area contributed by atoms with Gasteiger partial charge in [-0.3, -0.25) is 9.59 Å². The van der Waals surface area contributed by atoms with Crippen molar-refractivity contribution in [1.29, 1.82) is 0 Å². The Morgan fingerprint density at radius 3 is 2.46 bits per heavy atom. The number of phenols is 1. The summed E-state index contributed by atoms with van der Waals surface area (Å²) in [7, 11) is 0. The molecule has 3 aromatic rings. The molecule has 0 aliphatic carbocycles. The lowest BCUT2D eigenvalue weighted by Crippen LogP contribution is -2.30. The van der Waals surface area contributed by atoms with Crippen molar-refractivity contribution in [3.63, 3.8) is 0 Å². The smallest absolute Gasteiger partial charge is 0.270 e. The summed E-state index contributed by atoms with van der Waals surface area (Å²) < 4.78 is 0. The van der Waals surface area contributed by atoms with Crippen molar-refractivity contribution in [3.8, 4) is 16.3 Å². The summed E-state index contributed by atoms with van der Waals surface area (Å²) in [6, 6.07) is 14.2. The third-order valence-corrected chi connectivity index (χ3v) is 4.96. The SMILES string of the molecule is Cc1ccc(-c2nc(C(=O)NCCCNC(=O)c3cccc(O)c3)cs2)cc1. The Balaban J connectivity index is 1.42. The van der Waals surface area contributed by atoms with Crippen LogP contribution >= 0.6 is 11.3 Å². The van der Waals surface area contributed by atoms with Gasteiger partial charge in [0, 0.05) is 29.6 Å². The molecule has 0 atom stereocenters. The zero-order valence-electron chi connectivity index (χ0n) is 15.4. The molecule has 0 unspecified atom stereocenters. The van der Waals surface area contributed by atoms with Crippen LogP contribution < -0.4 is 10.6 Å². The highest BCUT2D eigenvalue weighted by atomic mass is 32.1. The topological polar surface area (TPSA) is 91.3 Å². The average Bonchev–Trinajstić information content (AvgIpc) is 3.18. The lowest BCUT2D eigenvalue weighted by Gasteiger charge is -2.06. The van der Waals surface area contributed by atoms with E-state index in [1.807, 2.05) is 31.2 Å². The van der Waals surface area contributed by atoms with Crippen molar-refractivity contribution in [1.82, 2.24) is 15.6 Å². The second-order valence-corrected chi connectivity index (χ2v) is 7.18. The Hall–Kier alpha value is -3.19. The molecule has 7 heteroatoms. The van der Waals surface area contributed by atoms with Gasteiger partial charge in [0.15, 0.2) is 0 Å². The van der Waals surface area contributed by atoms with Crippen LogP contribution in [0.1, 0.15) is 32.8 Å². The van der Waals surface area contributed by atoms with E-state index in [0.29, 0.717) is 30.8 Å². The lowest BCUT2D eigenvalue weighted by molar-refractivity contribution is 0.0948. The average molecular weight is 395 g/mol. The van der Waals surface area contributed by atoms with E-state index in [4.69, 9.17) is 0 Å². The molecular weight excluding hydrogens is 374 g/mol. The van der Waals surface area contributed by atoms with Crippen LogP contribution in [0.25, 0.3) is 10.6 Å². The number of carbonyl (C=O) groups excluding carboxylic acids is 2. The number of rotatable bonds is 7. The van der Waals surface area contributed by atoms with Gasteiger partial charge >= 0.3 is 0 Å². The van der Waals surface area contributed by atoms with Crippen LogP contribution in [-0.2, 0) is 0 Å². The molecule has 0 bridgehead atoms. The molecule has 1 heterocycles. The number of hydrogen-bond donors (Lipinski definition) is 3. The van der Waals surface area contributed by atoms with Crippen molar-refractivity contribution < 1.29 is 14.7 Å². The molecular formula is C21H21N3O3S. The minimum atomic E-state index is -0.260. The molecule has 2 amide bonds. The maximum Gasteiger partial charge on any atom is 0.270 e. The van der Waals surface area contributed by atoms with Gasteiger partial charge < -0.3 is 15.7 Å². The standard InChI is InChI=1S/C21H21N3O3S/c1-14-6-8-15(9-7-14)21-24-18(13-28-21)20(27)23-11-3-10-22-19(26)16-4-2-5-17(25)12-16/h2,4-9,12-13,25H,3,10-11H2,1H3,(H,22,26)(H,23,27). The number of thiazole rings is 1. The predicted molar refractivity (Wildman–Crippen MR) is 110 cm³/mol. The minimum absolute atomic E-state index is 0.0492. The molecule has 28 heavy (non-hydrogen) atoms. The Morgan fingerprint density at radius 1 is 1.04 bits per heavy atom. The molecule has 0 aliphatic rings. The molecule has 0 saturated carbocycles. The largest absolute Gasteiger partial charge is 0.508 e. The minimum Gasteiger partial charge on any atom is -0.508 e. The van der Waals surface area contributed by atoms with E-state index < -0.39 is 0 Å². The van der Waals surface area contributed by atoms with Crippen LogP contribution in [0.5, 0.6) is 5.75 Å². The first-order chi connectivity index (χ1) is 13.5. The zero-order chi connectivity index (χ0) is 19.9. The maximum atomic E-state index is 12.2. The molecule has 1 aromatic heterocycles. The highest BCUT2D eigenvalue weighted by Gasteiger charge is 2.11. The summed E-state index contributed by atoms with van der Waals surface area (Å²) >= 11 is 1.43. The van der Waals surface area contributed by atoms with Gasteiger partial charge in [-0.2, -0.15) is 0 Å². The molecule has 0 aliphatic heterocycles. The molecule has 2 aromatic carbocycles. The third-order valence-electron chi connectivity index (χ3n) is 4.07. The molecule has 0 fully saturated rings. The van der Waals surface area contributed by atoms with Gasteiger partial charge in [0.2, 0.25) is 0 Å². The number of aromatic hydroxyl groups is 1. The van der Waals surface area contributed by atoms with Gasteiger partial charge in [-0.15, -0.1) is 11.3 Å². The van der Waals surface area contributed by atoms with E-state index in [2.05, 4.69) is 15.6 Å². The predicted octanol–water partition coefficient (Wildman–Crippen LogP) is 3.37. The van der Waals surface area contributed by atoms with E-state index in [-0.39, 0.29) is 17.6 Å². The number of hydrogen-bond acceptors (Lipinski definition) is 5. The van der Waals surface area contributed by atoms with E-state index in [0.717, 1.165) is 10.6 Å². The number of nitrogens with one attached hydrogen (secondary N) is 2. The Morgan fingerprint density at radius 2 is 1.75 bits per heavy atom. The Bertz CT molecular complexity index is 967. The lowest BCUT2D eigenvalue weighted by atomic mass is 10.2. The number of aromatic nitrogens is 1. The number of nitrogens with zero attached hydrogens (tertiary/aromatic N) is 1. The van der Waals surface area contributed by atoms with Crippen molar-refractivity contribution in [2.45, 2.75) is 13.3 Å². The van der Waals surface area contributed by atoms with Crippen LogP contribution in [-0.4, -0.2) is 35.0 Å². The fraction of sp³-hybridized carbons (Fsp3) is 0.190. The van der Waals surface area contributed by atoms with E-state index in [9.17, 15) is 14.7 Å². The van der Waals surface area contributed by atoms with Gasteiger partial charge in [-0.25, -0.2) is 4.98 Å². The first-order valence-electron chi connectivity index (χ1n) is 8.91. The maximum absolute atomic E-state index is 12.2. The molecule has 0 spiro atoms. The quantitative estimate of drug-likeness (QED) is 0.535. The number of benzene rings is 2. The van der Waals surface area contributed by atoms with Gasteiger partial charge in [-0.1, -0.05) is 35.9 Å². The van der Waals surface area contributed by atoms with Gasteiger partial charge in [0.25, 0.3) is 11.8 Å². The molecule has 0 radical (unpaired) electrons. The van der Waals surface area contributed by atoms with Crippen molar-refractivity contribution >= 4 is 23.2 Å². The van der Waals surface area contributed by atoms with Crippen molar-refractivity contribution in [3.05, 3.63) is 70.7 Å². The van der Waals surface area contributed by atoms with E-state index in [1.54, 1.807) is 17.5 Å². The normalized spacial score (nSPS) is 10.5. The number of aryl methyl sites for hydroxylation is 1. The van der Waals surface area contributed by atoms with Gasteiger partial charge in [0.05, 0.1) is 0 Å². The second-order valence-electron chi connectivity index (χ2n) is 6.32. The second kappa shape index (κ2) is 9.14. The summed E-state index contributed by atoms with van der Waals surface area (Å²) in [5.41, 5.74) is 2.96. The summed E-state index contributed by atoms with van der Waals surface area (Å²) in [5, 5.41) is 17.5. The Labute approximate surface area is 167 Å². The first kappa shape index (κ1) is 19.6. The number of phenolic OH excluding ortho intramolecular Hbond substituents is 1. The molecule has 144 valence electrons. The van der Waals surface area contributed by atoms with Crippen LogP contribution in [0.15, 0.2) is 53.9 Å². The van der Waals surface area contributed by atoms with E-state index in [1.165, 1.54) is 29.0 Å². The molecule has 3 N–H and O–H groups in total. The van der Waals surface area contributed by atoms with E-state index >= 15 is 0 Å². The number of carbonyl (C=O) groups is 2. The summed E-state index contributed by atoms with van der Waals surface area (Å²) in [5.74, 6) is -0.438. The van der Waals surface area contributed by atoms with Gasteiger partial charge in [-0.05, 0) is 31.5 Å². The van der Waals surface area contributed by atoms with Crippen LogP contribution in [0.2, 0.25) is 0 Å². The van der Waals surface area contributed by atoms with Crippen LogP contribution in [0, 0.1) is 6.92 Å². The number of amides is 2. The highest BCUT2D eigenvalue weighted by Crippen LogP contribution is 2.23. The molecule has 3 rings (SSSR count).